The van der Waals surface area contributed by atoms with E-state index in [1.807, 2.05) is 0 Å². The van der Waals surface area contributed by atoms with Gasteiger partial charge in [0.05, 0.1) is 4.47 Å². The predicted octanol–water partition coefficient (Wildman–Crippen LogP) is 2.82. The number of carboxylic acid groups (broad SMARTS) is 1. The number of urea groups is 1. The summed E-state index contributed by atoms with van der Waals surface area (Å²) in [6, 6.07) is 3.72. The molecule has 0 spiro atoms. The minimum absolute atomic E-state index is 0.0206. The van der Waals surface area contributed by atoms with Gasteiger partial charge >= 0.3 is 12.0 Å². The van der Waals surface area contributed by atoms with E-state index in [0.717, 1.165) is 0 Å². The third-order valence-electron chi connectivity index (χ3n) is 2.31. The van der Waals surface area contributed by atoms with E-state index < -0.39 is 17.8 Å². The summed E-state index contributed by atoms with van der Waals surface area (Å²) in [7, 11) is 0. The summed E-state index contributed by atoms with van der Waals surface area (Å²) in [5.41, 5.74) is 0.323. The van der Waals surface area contributed by atoms with Crippen molar-refractivity contribution in [2.75, 3.05) is 11.9 Å². The Balaban J connectivity index is 2.42. The molecule has 0 aliphatic rings. The van der Waals surface area contributed by atoms with Crippen molar-refractivity contribution in [1.29, 1.82) is 0 Å². The van der Waals surface area contributed by atoms with Crippen LogP contribution in [0.2, 0.25) is 0 Å². The molecule has 1 aromatic carbocycles. The zero-order valence-electron chi connectivity index (χ0n) is 10.2. The monoisotopic (exact) mass is 332 g/mol. The van der Waals surface area contributed by atoms with Crippen molar-refractivity contribution >= 4 is 33.6 Å². The molecule has 2 amide bonds. The van der Waals surface area contributed by atoms with Crippen LogP contribution in [0.5, 0.6) is 0 Å². The molecule has 1 aromatic rings. The Morgan fingerprint density at radius 3 is 2.74 bits per heavy atom. The Labute approximate surface area is 118 Å². The van der Waals surface area contributed by atoms with Gasteiger partial charge in [-0.05, 0) is 40.0 Å². The second-order valence-electron chi connectivity index (χ2n) is 4.17. The lowest BCUT2D eigenvalue weighted by atomic mass is 10.1. The van der Waals surface area contributed by atoms with E-state index in [-0.39, 0.29) is 18.9 Å². The number of aliphatic carboxylic acids is 1. The van der Waals surface area contributed by atoms with Gasteiger partial charge in [0.1, 0.15) is 5.82 Å². The maximum atomic E-state index is 13.2. The second-order valence-corrected chi connectivity index (χ2v) is 5.02. The first kappa shape index (κ1) is 15.4. The molecule has 1 rings (SSSR count). The standard InChI is InChI=1S/C12H14BrFN2O3/c1-7(4-11(17)18)6-15-12(19)16-8-2-3-9(13)10(14)5-8/h2-3,5,7H,4,6H2,1H3,(H,17,18)(H2,15,16,19). The molecule has 0 saturated heterocycles. The molecule has 0 aliphatic heterocycles. The van der Waals surface area contributed by atoms with Gasteiger partial charge in [0, 0.05) is 18.7 Å². The van der Waals surface area contributed by atoms with Gasteiger partial charge in [-0.1, -0.05) is 6.92 Å². The molecule has 3 N–H and O–H groups in total. The second kappa shape index (κ2) is 7.08. The van der Waals surface area contributed by atoms with Gasteiger partial charge in [0.15, 0.2) is 0 Å². The molecule has 1 unspecified atom stereocenters. The number of benzene rings is 1. The smallest absolute Gasteiger partial charge is 0.319 e. The molecular weight excluding hydrogens is 319 g/mol. The fraction of sp³-hybridized carbons (Fsp3) is 0.333. The lowest BCUT2D eigenvalue weighted by Gasteiger charge is -2.11. The summed E-state index contributed by atoms with van der Waals surface area (Å²) in [4.78, 5) is 21.9. The van der Waals surface area contributed by atoms with E-state index >= 15 is 0 Å². The van der Waals surface area contributed by atoms with Crippen molar-refractivity contribution in [2.45, 2.75) is 13.3 Å². The molecule has 0 radical (unpaired) electrons. The number of nitrogens with one attached hydrogen (secondary N) is 2. The fourth-order valence-electron chi connectivity index (χ4n) is 1.39. The van der Waals surface area contributed by atoms with Gasteiger partial charge < -0.3 is 15.7 Å². The van der Waals surface area contributed by atoms with Crippen LogP contribution >= 0.6 is 15.9 Å². The first-order valence-electron chi connectivity index (χ1n) is 5.60. The van der Waals surface area contributed by atoms with Crippen LogP contribution in [0, 0.1) is 11.7 Å². The Kier molecular flexibility index (Phi) is 5.75. The van der Waals surface area contributed by atoms with Crippen LogP contribution in [0.25, 0.3) is 0 Å². The van der Waals surface area contributed by atoms with E-state index in [1.54, 1.807) is 13.0 Å². The maximum absolute atomic E-state index is 13.2. The molecule has 0 heterocycles. The largest absolute Gasteiger partial charge is 0.481 e. The first-order chi connectivity index (χ1) is 8.88. The summed E-state index contributed by atoms with van der Waals surface area (Å²) in [5, 5.41) is 13.5. The average Bonchev–Trinajstić information content (AvgIpc) is 2.30. The summed E-state index contributed by atoms with van der Waals surface area (Å²) in [6.07, 6.45) is -0.0206. The van der Waals surface area contributed by atoms with Crippen LogP contribution in [0.15, 0.2) is 22.7 Å². The summed E-state index contributed by atoms with van der Waals surface area (Å²) < 4.78 is 13.5. The molecule has 0 fully saturated rings. The molecule has 104 valence electrons. The molecule has 0 aromatic heterocycles. The number of carboxylic acids is 1. The van der Waals surface area contributed by atoms with Crippen LogP contribution in [-0.2, 0) is 4.79 Å². The average molecular weight is 333 g/mol. The minimum atomic E-state index is -0.912. The minimum Gasteiger partial charge on any atom is -0.481 e. The van der Waals surface area contributed by atoms with Gasteiger partial charge in [0.25, 0.3) is 0 Å². The molecule has 19 heavy (non-hydrogen) atoms. The van der Waals surface area contributed by atoms with Crippen LogP contribution in [-0.4, -0.2) is 23.7 Å². The summed E-state index contributed by atoms with van der Waals surface area (Å²) >= 11 is 3.01. The molecular formula is C12H14BrFN2O3. The third kappa shape index (κ3) is 5.69. The van der Waals surface area contributed by atoms with E-state index in [1.165, 1.54) is 12.1 Å². The lowest BCUT2D eigenvalue weighted by molar-refractivity contribution is -0.137. The molecule has 5 nitrogen and oxygen atoms in total. The van der Waals surface area contributed by atoms with Gasteiger partial charge in [-0.25, -0.2) is 9.18 Å². The van der Waals surface area contributed by atoms with E-state index in [0.29, 0.717) is 10.2 Å². The number of amides is 2. The van der Waals surface area contributed by atoms with Crippen molar-refractivity contribution in [3.63, 3.8) is 0 Å². The highest BCUT2D eigenvalue weighted by molar-refractivity contribution is 9.10. The Morgan fingerprint density at radius 2 is 2.16 bits per heavy atom. The molecule has 0 aliphatic carbocycles. The van der Waals surface area contributed by atoms with E-state index in [9.17, 15) is 14.0 Å². The number of hydrogen-bond acceptors (Lipinski definition) is 2. The quantitative estimate of drug-likeness (QED) is 0.775. The van der Waals surface area contributed by atoms with Gasteiger partial charge in [0.2, 0.25) is 0 Å². The van der Waals surface area contributed by atoms with Crippen LogP contribution in [0.3, 0.4) is 0 Å². The maximum Gasteiger partial charge on any atom is 0.319 e. The van der Waals surface area contributed by atoms with Crippen LogP contribution in [0.1, 0.15) is 13.3 Å². The highest BCUT2D eigenvalue weighted by atomic mass is 79.9. The van der Waals surface area contributed by atoms with Crippen molar-refractivity contribution in [1.82, 2.24) is 5.32 Å². The normalized spacial score (nSPS) is 11.7. The molecule has 7 heteroatoms. The molecule has 1 atom stereocenters. The predicted molar refractivity (Wildman–Crippen MR) is 72.5 cm³/mol. The Bertz CT molecular complexity index is 482. The van der Waals surface area contributed by atoms with Crippen molar-refractivity contribution in [2.24, 2.45) is 5.92 Å². The fourth-order valence-corrected chi connectivity index (χ4v) is 1.63. The lowest BCUT2D eigenvalue weighted by Crippen LogP contribution is -2.33. The number of carbonyl (C=O) groups is 2. The van der Waals surface area contributed by atoms with Gasteiger partial charge in [-0.3, -0.25) is 4.79 Å². The number of rotatable bonds is 5. The highest BCUT2D eigenvalue weighted by Gasteiger charge is 2.10. The summed E-state index contributed by atoms with van der Waals surface area (Å²) in [6.45, 7) is 1.95. The third-order valence-corrected chi connectivity index (χ3v) is 2.95. The number of halogens is 2. The van der Waals surface area contributed by atoms with Crippen molar-refractivity contribution in [3.8, 4) is 0 Å². The first-order valence-corrected chi connectivity index (χ1v) is 6.39. The number of carbonyl (C=O) groups excluding carboxylic acids is 1. The van der Waals surface area contributed by atoms with Crippen LogP contribution in [0.4, 0.5) is 14.9 Å². The van der Waals surface area contributed by atoms with Gasteiger partial charge in [-0.2, -0.15) is 0 Å². The molecule has 0 saturated carbocycles. The van der Waals surface area contributed by atoms with E-state index in [2.05, 4.69) is 26.6 Å². The number of hydrogen-bond donors (Lipinski definition) is 3. The van der Waals surface area contributed by atoms with Gasteiger partial charge in [-0.15, -0.1) is 0 Å². The Hall–Kier alpha value is -1.63. The summed E-state index contributed by atoms with van der Waals surface area (Å²) in [5.74, 6) is -1.56. The highest BCUT2D eigenvalue weighted by Crippen LogP contribution is 2.19. The van der Waals surface area contributed by atoms with E-state index in [4.69, 9.17) is 5.11 Å². The SMILES string of the molecule is CC(CNC(=O)Nc1ccc(Br)c(F)c1)CC(=O)O. The zero-order valence-corrected chi connectivity index (χ0v) is 11.8. The van der Waals surface area contributed by atoms with Crippen molar-refractivity contribution in [3.05, 3.63) is 28.5 Å². The van der Waals surface area contributed by atoms with Crippen molar-refractivity contribution < 1.29 is 19.1 Å². The zero-order chi connectivity index (χ0) is 14.4. The molecule has 0 bridgehead atoms. The van der Waals surface area contributed by atoms with Crippen LogP contribution < -0.4 is 10.6 Å². The number of anilines is 1. The topological polar surface area (TPSA) is 78.4 Å². The Morgan fingerprint density at radius 1 is 1.47 bits per heavy atom.